The molecule has 2 aromatic carbocycles. The van der Waals surface area contributed by atoms with Crippen molar-refractivity contribution in [1.29, 1.82) is 0 Å². The Bertz CT molecular complexity index is 1270. The van der Waals surface area contributed by atoms with Crippen molar-refractivity contribution in [2.24, 2.45) is 0 Å². The summed E-state index contributed by atoms with van der Waals surface area (Å²) in [5.74, 6) is 1.37. The summed E-state index contributed by atoms with van der Waals surface area (Å²) in [6.45, 7) is 4.15. The molecule has 0 amide bonds. The van der Waals surface area contributed by atoms with E-state index in [1.165, 1.54) is 0 Å². The molecule has 0 radical (unpaired) electrons. The molecule has 0 saturated heterocycles. The number of hydrogen-bond donors (Lipinski definition) is 1. The number of nitrogens with one attached hydrogen (secondary N) is 1. The molecular weight excluding hydrogens is 386 g/mol. The molecule has 0 aliphatic carbocycles. The van der Waals surface area contributed by atoms with Crippen molar-refractivity contribution in [2.75, 3.05) is 6.54 Å². The highest BCUT2D eigenvalue weighted by atomic mass is 16.1. The van der Waals surface area contributed by atoms with Gasteiger partial charge in [0.15, 0.2) is 5.82 Å². The molecule has 2 aromatic heterocycles. The van der Waals surface area contributed by atoms with Crippen LogP contribution in [0.2, 0.25) is 0 Å². The molecule has 0 atom stereocenters. The van der Waals surface area contributed by atoms with Crippen molar-refractivity contribution in [3.63, 3.8) is 0 Å². The molecule has 3 heterocycles. The minimum Gasteiger partial charge on any atom is -0.306 e. The molecule has 6 nitrogen and oxygen atoms in total. The molecular formula is C25H23N5O. The molecule has 0 bridgehead atoms. The molecule has 6 heteroatoms. The topological polar surface area (TPSA) is 74.8 Å². The number of hydrogen-bond acceptors (Lipinski definition) is 5. The maximum Gasteiger partial charge on any atom is 0.255 e. The molecule has 0 saturated carbocycles. The van der Waals surface area contributed by atoms with Crippen molar-refractivity contribution >= 4 is 0 Å². The number of aromatic amines is 1. The van der Waals surface area contributed by atoms with Crippen molar-refractivity contribution in [2.45, 2.75) is 26.4 Å². The van der Waals surface area contributed by atoms with Crippen LogP contribution in [0.25, 0.3) is 22.8 Å². The number of aryl methyl sites for hydroxylation is 1. The maximum atomic E-state index is 12.8. The van der Waals surface area contributed by atoms with Crippen molar-refractivity contribution in [1.82, 2.24) is 24.8 Å². The Morgan fingerprint density at radius 1 is 0.968 bits per heavy atom. The third kappa shape index (κ3) is 4.02. The normalized spacial score (nSPS) is 13.7. The Hall–Kier alpha value is -3.64. The van der Waals surface area contributed by atoms with E-state index in [9.17, 15) is 4.79 Å². The molecule has 1 aliphatic rings. The highest BCUT2D eigenvalue weighted by Gasteiger charge is 2.22. The summed E-state index contributed by atoms with van der Waals surface area (Å²) < 4.78 is 0. The van der Waals surface area contributed by atoms with Gasteiger partial charge in [0.2, 0.25) is 0 Å². The summed E-state index contributed by atoms with van der Waals surface area (Å²) >= 11 is 0. The lowest BCUT2D eigenvalue weighted by Gasteiger charge is -2.28. The second-order valence-electron chi connectivity index (χ2n) is 7.84. The van der Waals surface area contributed by atoms with Crippen molar-refractivity contribution in [3.8, 4) is 22.8 Å². The predicted octanol–water partition coefficient (Wildman–Crippen LogP) is 3.76. The molecule has 0 fully saturated rings. The molecule has 31 heavy (non-hydrogen) atoms. The van der Waals surface area contributed by atoms with Gasteiger partial charge >= 0.3 is 0 Å². The van der Waals surface area contributed by atoms with E-state index in [1.54, 1.807) is 0 Å². The van der Waals surface area contributed by atoms with Crippen LogP contribution < -0.4 is 5.56 Å². The summed E-state index contributed by atoms with van der Waals surface area (Å²) in [4.78, 5) is 32.0. The van der Waals surface area contributed by atoms with E-state index in [1.807, 2.05) is 73.8 Å². The molecule has 0 spiro atoms. The lowest BCUT2D eigenvalue weighted by Crippen LogP contribution is -2.35. The van der Waals surface area contributed by atoms with Gasteiger partial charge in [0.25, 0.3) is 5.56 Å². The van der Waals surface area contributed by atoms with Crippen molar-refractivity contribution in [3.05, 3.63) is 99.7 Å². The Kier molecular flexibility index (Phi) is 5.14. The Morgan fingerprint density at radius 3 is 2.39 bits per heavy atom. The van der Waals surface area contributed by atoms with Crippen LogP contribution in [0.5, 0.6) is 0 Å². The lowest BCUT2D eigenvalue weighted by molar-refractivity contribution is 0.241. The smallest absolute Gasteiger partial charge is 0.255 e. The largest absolute Gasteiger partial charge is 0.306 e. The van der Waals surface area contributed by atoms with Crippen molar-refractivity contribution < 1.29 is 0 Å². The first-order valence-electron chi connectivity index (χ1n) is 10.4. The Balaban J connectivity index is 1.35. The molecule has 1 N–H and O–H groups in total. The first-order chi connectivity index (χ1) is 15.2. The van der Waals surface area contributed by atoms with Crippen LogP contribution in [0.15, 0.2) is 71.7 Å². The van der Waals surface area contributed by atoms with Gasteiger partial charge < -0.3 is 4.98 Å². The summed E-state index contributed by atoms with van der Waals surface area (Å²) in [5, 5.41) is 0. The molecule has 5 rings (SSSR count). The van der Waals surface area contributed by atoms with E-state index in [0.29, 0.717) is 18.9 Å². The third-order valence-corrected chi connectivity index (χ3v) is 5.70. The zero-order chi connectivity index (χ0) is 21.2. The second kappa shape index (κ2) is 8.24. The first-order valence-corrected chi connectivity index (χ1v) is 10.4. The molecule has 154 valence electrons. The Morgan fingerprint density at radius 2 is 1.68 bits per heavy atom. The summed E-state index contributed by atoms with van der Waals surface area (Å²) in [7, 11) is 0. The molecule has 4 aromatic rings. The monoisotopic (exact) mass is 409 g/mol. The average Bonchev–Trinajstić information content (AvgIpc) is 2.82. The number of fused-ring (bicyclic) bond motifs is 1. The minimum absolute atomic E-state index is 0.0547. The number of rotatable bonds is 4. The number of benzene rings is 2. The summed E-state index contributed by atoms with van der Waals surface area (Å²) in [6.07, 6.45) is 2.66. The Labute approximate surface area is 180 Å². The van der Waals surface area contributed by atoms with Crippen LogP contribution in [0.3, 0.4) is 0 Å². The zero-order valence-corrected chi connectivity index (χ0v) is 17.4. The summed E-state index contributed by atoms with van der Waals surface area (Å²) in [6, 6.07) is 19.8. The van der Waals surface area contributed by atoms with E-state index in [-0.39, 0.29) is 5.56 Å². The lowest BCUT2D eigenvalue weighted by atomic mass is 10.1. The van der Waals surface area contributed by atoms with Crippen LogP contribution in [-0.4, -0.2) is 31.4 Å². The van der Waals surface area contributed by atoms with E-state index >= 15 is 0 Å². The zero-order valence-electron chi connectivity index (χ0n) is 17.4. The number of H-pyrrole nitrogens is 1. The van der Waals surface area contributed by atoms with Gasteiger partial charge in [-0.25, -0.2) is 15.0 Å². The number of nitrogens with zero attached hydrogens (tertiary/aromatic N) is 4. The molecule has 0 unspecified atom stereocenters. The molecule has 1 aliphatic heterocycles. The first kappa shape index (κ1) is 19.3. The fourth-order valence-electron chi connectivity index (χ4n) is 3.96. The fourth-order valence-corrected chi connectivity index (χ4v) is 3.96. The van der Waals surface area contributed by atoms with E-state index in [0.717, 1.165) is 52.4 Å². The van der Waals surface area contributed by atoms with Gasteiger partial charge in [0, 0.05) is 54.6 Å². The van der Waals surface area contributed by atoms with Crippen LogP contribution in [0.1, 0.15) is 22.5 Å². The van der Waals surface area contributed by atoms with E-state index < -0.39 is 0 Å². The van der Waals surface area contributed by atoms with E-state index in [2.05, 4.69) is 14.9 Å². The fraction of sp³-hybridized carbons (Fsp3) is 0.200. The highest BCUT2D eigenvalue weighted by Crippen LogP contribution is 2.21. The van der Waals surface area contributed by atoms with Crippen LogP contribution >= 0.6 is 0 Å². The van der Waals surface area contributed by atoms with Gasteiger partial charge in [0.05, 0.1) is 11.3 Å². The summed E-state index contributed by atoms with van der Waals surface area (Å²) in [5.41, 5.74) is 5.57. The van der Waals surface area contributed by atoms with Gasteiger partial charge in [0.1, 0.15) is 5.82 Å². The van der Waals surface area contributed by atoms with E-state index in [4.69, 9.17) is 9.97 Å². The van der Waals surface area contributed by atoms with Gasteiger partial charge in [-0.2, -0.15) is 0 Å². The van der Waals surface area contributed by atoms with Gasteiger partial charge in [-0.05, 0) is 6.92 Å². The SMILES string of the molecule is Cc1nc(-c2ccccc2)ncc1CN1CCc2nc(-c3ccccc3)[nH]c(=O)c2C1. The third-order valence-electron chi connectivity index (χ3n) is 5.70. The maximum absolute atomic E-state index is 12.8. The predicted molar refractivity (Wildman–Crippen MR) is 120 cm³/mol. The average molecular weight is 409 g/mol. The van der Waals surface area contributed by atoms with Crippen LogP contribution in [-0.2, 0) is 19.5 Å². The highest BCUT2D eigenvalue weighted by molar-refractivity contribution is 5.55. The number of aromatic nitrogens is 4. The van der Waals surface area contributed by atoms with Gasteiger partial charge in [-0.15, -0.1) is 0 Å². The minimum atomic E-state index is -0.0547. The standard InChI is InChI=1S/C25H23N5O/c1-17-20(14-26-23(27-17)18-8-4-2-5-9-18)15-30-13-12-22-21(16-30)25(31)29-24(28-22)19-10-6-3-7-11-19/h2-11,14H,12-13,15-16H2,1H3,(H,28,29,31). The van der Waals surface area contributed by atoms with Crippen LogP contribution in [0, 0.1) is 6.92 Å². The van der Waals surface area contributed by atoms with Gasteiger partial charge in [-0.3, -0.25) is 9.69 Å². The quantitative estimate of drug-likeness (QED) is 0.555. The second-order valence-corrected chi connectivity index (χ2v) is 7.84. The van der Waals surface area contributed by atoms with Crippen LogP contribution in [0.4, 0.5) is 0 Å². The van der Waals surface area contributed by atoms with Gasteiger partial charge in [-0.1, -0.05) is 60.7 Å².